The second-order valence-corrected chi connectivity index (χ2v) is 24.8. The molecule has 0 spiro atoms. The Bertz CT molecular complexity index is 30.6. The van der Waals surface area contributed by atoms with Gasteiger partial charge < -0.3 is 4.12 Å². The van der Waals surface area contributed by atoms with Crippen LogP contribution in [0, 0.1) is 0 Å². The molecule has 0 saturated carbocycles. The van der Waals surface area contributed by atoms with Crippen molar-refractivity contribution in [3.05, 3.63) is 0 Å². The van der Waals surface area contributed by atoms with Crippen LogP contribution in [-0.4, -0.2) is 35.7 Å². The minimum absolute atomic E-state index is 0.0602. The zero-order chi connectivity index (χ0) is 3.70. The van der Waals surface area contributed by atoms with Crippen LogP contribution in [0.25, 0.3) is 0 Å². The molecule has 1 saturated heterocycles. The molecule has 0 aliphatic carbocycles. The van der Waals surface area contributed by atoms with E-state index in [9.17, 15) is 0 Å². The highest BCUT2D eigenvalue weighted by molar-refractivity contribution is 7.54. The van der Waals surface area contributed by atoms with Gasteiger partial charge in [-0.25, -0.2) is 0 Å². The van der Waals surface area contributed by atoms with Crippen molar-refractivity contribution in [2.75, 3.05) is 0 Å². The average Bonchev–Trinajstić information content (AvgIpc) is 2.12. The fourth-order valence-corrected chi connectivity index (χ4v) is 24.6. The van der Waals surface area contributed by atoms with Crippen molar-refractivity contribution < 1.29 is 4.12 Å². The lowest BCUT2D eigenvalue weighted by Gasteiger charge is -1.65. The molecule has 1 rings (SSSR count). The van der Waals surface area contributed by atoms with Crippen LogP contribution in [0.15, 0.2) is 0 Å². The lowest BCUT2D eigenvalue weighted by Crippen LogP contribution is -2.04. The van der Waals surface area contributed by atoms with Gasteiger partial charge in [-0.1, -0.05) is 0 Å². The number of hydrogen-bond acceptors (Lipinski definition) is 1. The molecule has 5 heavy (non-hydrogen) atoms. The lowest BCUT2D eigenvalue weighted by atomic mass is 15.8. The van der Waals surface area contributed by atoms with Crippen LogP contribution in [0.2, 0.25) is 0 Å². The molecule has 1 aliphatic rings. The summed E-state index contributed by atoms with van der Waals surface area (Å²) in [5, 5.41) is 0. The first-order valence-electron chi connectivity index (χ1n) is 2.05. The highest BCUT2D eigenvalue weighted by Crippen LogP contribution is 1.92. The SMILES string of the molecule is [SiH3][SiH2][SiH]1O[SiH2]1. The molecule has 1 nitrogen and oxygen atoms in total. The Hall–Kier alpha value is 0.828. The molecule has 0 aromatic carbocycles. The molecule has 1 unspecified atom stereocenters. The Kier molecular flexibility index (Phi) is 1.21. The van der Waals surface area contributed by atoms with E-state index in [2.05, 4.69) is 0 Å². The maximum absolute atomic E-state index is 5.23. The summed E-state index contributed by atoms with van der Waals surface area (Å²) >= 11 is 0. The minimum Gasteiger partial charge on any atom is -0.466 e. The molecule has 0 radical (unpaired) electrons. The molecule has 30 valence electrons. The number of rotatable bonds is 1. The Morgan fingerprint density at radius 2 is 2.60 bits per heavy atom. The average molecular weight is 136 g/mol. The van der Waals surface area contributed by atoms with E-state index in [-0.39, 0.29) is 8.08 Å². The van der Waals surface area contributed by atoms with Gasteiger partial charge in [-0.15, -0.1) is 0 Å². The second-order valence-electron chi connectivity index (χ2n) is 1.36. The summed E-state index contributed by atoms with van der Waals surface area (Å²) in [6, 6.07) is 0. The van der Waals surface area contributed by atoms with Gasteiger partial charge in [0.2, 0.25) is 0 Å². The fraction of sp³-hybridized carbons (Fsp3) is 0. The second kappa shape index (κ2) is 1.52. The fourth-order valence-electron chi connectivity index (χ4n) is 0.304. The first kappa shape index (κ1) is 4.00. The van der Waals surface area contributed by atoms with E-state index in [0.29, 0.717) is 17.8 Å². The monoisotopic (exact) mass is 136 g/mol. The van der Waals surface area contributed by atoms with Crippen molar-refractivity contribution in [3.63, 3.8) is 0 Å². The standard InChI is InChI=1S/H8OSi4/c2-4-5-1-3-5/h5H,3-4H2,2H3. The molecule has 0 amide bonds. The Morgan fingerprint density at radius 3 is 2.60 bits per heavy atom. The summed E-state index contributed by atoms with van der Waals surface area (Å²) in [7, 11) is 2.38. The predicted octanol–water partition coefficient (Wildman–Crippen LogP) is -3.73. The molecule has 0 bridgehead atoms. The van der Waals surface area contributed by atoms with Gasteiger partial charge in [-0.05, 0) is 9.76 Å². The van der Waals surface area contributed by atoms with E-state index < -0.39 is 0 Å². The Morgan fingerprint density at radius 1 is 2.00 bits per heavy atom. The Labute approximate surface area is 40.4 Å². The molecule has 5 heteroatoms. The predicted molar refractivity (Wildman–Crippen MR) is 35.3 cm³/mol. The van der Waals surface area contributed by atoms with Gasteiger partial charge in [0.1, 0.15) is 0 Å². The molecular weight excluding hydrogens is 128 g/mol. The van der Waals surface area contributed by atoms with E-state index in [1.807, 2.05) is 0 Å². The zero-order valence-electron chi connectivity index (χ0n) is 3.40. The van der Waals surface area contributed by atoms with Crippen LogP contribution >= 0.6 is 0 Å². The lowest BCUT2D eigenvalue weighted by molar-refractivity contribution is 0.746. The van der Waals surface area contributed by atoms with Crippen molar-refractivity contribution >= 4 is 35.7 Å². The van der Waals surface area contributed by atoms with Crippen molar-refractivity contribution in [2.45, 2.75) is 0 Å². The van der Waals surface area contributed by atoms with Crippen LogP contribution in [-0.2, 0) is 4.12 Å². The van der Waals surface area contributed by atoms with Crippen LogP contribution < -0.4 is 0 Å². The molecular formula is H8OSi4. The molecule has 1 aliphatic heterocycles. The van der Waals surface area contributed by atoms with Gasteiger partial charge in [0, 0.05) is 8.55 Å². The van der Waals surface area contributed by atoms with Crippen molar-refractivity contribution in [2.24, 2.45) is 0 Å². The maximum atomic E-state index is 5.23. The van der Waals surface area contributed by atoms with Crippen LogP contribution in [0.1, 0.15) is 0 Å². The molecule has 1 atom stereocenters. The summed E-state index contributed by atoms with van der Waals surface area (Å²) in [5.41, 5.74) is 0. The van der Waals surface area contributed by atoms with Gasteiger partial charge in [0.15, 0.2) is 17.4 Å². The van der Waals surface area contributed by atoms with Crippen molar-refractivity contribution in [3.8, 4) is 0 Å². The van der Waals surface area contributed by atoms with E-state index in [4.69, 9.17) is 4.12 Å². The summed E-state index contributed by atoms with van der Waals surface area (Å²) in [6.45, 7) is 0. The largest absolute Gasteiger partial charge is 0.466 e. The third-order valence-corrected chi connectivity index (χ3v) is 35.7. The Balaban J connectivity index is 2.00. The highest BCUT2D eigenvalue weighted by atomic mass is 29.8. The van der Waals surface area contributed by atoms with Crippen LogP contribution in [0.3, 0.4) is 0 Å². The summed E-state index contributed by atoms with van der Waals surface area (Å²) in [5.74, 6) is 0. The topological polar surface area (TPSA) is 12.5 Å². The highest BCUT2D eigenvalue weighted by Gasteiger charge is 2.22. The zero-order valence-corrected chi connectivity index (χ0v) is 9.38. The smallest absolute Gasteiger partial charge is 0.157 e. The molecule has 0 N–H and O–H groups in total. The van der Waals surface area contributed by atoms with Crippen molar-refractivity contribution in [1.29, 1.82) is 0 Å². The molecule has 1 heterocycles. The van der Waals surface area contributed by atoms with Gasteiger partial charge in [0.05, 0.1) is 0 Å². The first-order chi connectivity index (χ1) is 2.43. The summed E-state index contributed by atoms with van der Waals surface area (Å²) < 4.78 is 5.23. The van der Waals surface area contributed by atoms with Gasteiger partial charge in [0.25, 0.3) is 0 Å². The minimum atomic E-state index is -0.0602. The number of hydrogen-bond donors (Lipinski definition) is 0. The molecule has 0 aromatic heterocycles. The molecule has 0 aromatic rings. The summed E-state index contributed by atoms with van der Waals surface area (Å²) in [6.07, 6.45) is 0. The quantitative estimate of drug-likeness (QED) is 0.267. The summed E-state index contributed by atoms with van der Waals surface area (Å²) in [4.78, 5) is 0. The van der Waals surface area contributed by atoms with E-state index in [1.165, 1.54) is 0 Å². The van der Waals surface area contributed by atoms with E-state index in [0.717, 1.165) is 0 Å². The van der Waals surface area contributed by atoms with Crippen LogP contribution in [0.4, 0.5) is 0 Å². The maximum Gasteiger partial charge on any atom is 0.157 e. The van der Waals surface area contributed by atoms with E-state index >= 15 is 0 Å². The van der Waals surface area contributed by atoms with Gasteiger partial charge in [-0.2, -0.15) is 0 Å². The third kappa shape index (κ3) is 1.14. The van der Waals surface area contributed by atoms with E-state index in [1.54, 1.807) is 9.76 Å². The normalized spacial score (nSPS) is 42.0. The van der Waals surface area contributed by atoms with Crippen LogP contribution in [0.5, 0.6) is 0 Å². The van der Waals surface area contributed by atoms with Gasteiger partial charge >= 0.3 is 0 Å². The third-order valence-electron chi connectivity index (χ3n) is 0.858. The van der Waals surface area contributed by atoms with Crippen molar-refractivity contribution in [1.82, 2.24) is 0 Å². The first-order valence-corrected chi connectivity index (χ1v) is 15.3. The van der Waals surface area contributed by atoms with Gasteiger partial charge in [-0.3, -0.25) is 0 Å². The molecule has 1 fully saturated rings.